The van der Waals surface area contributed by atoms with Gasteiger partial charge in [0.2, 0.25) is 5.95 Å². The first-order chi connectivity index (χ1) is 8.65. The second kappa shape index (κ2) is 5.80. The normalized spacial score (nSPS) is 20.3. The Morgan fingerprint density at radius 1 is 1.50 bits per heavy atom. The molecule has 2 amide bonds. The summed E-state index contributed by atoms with van der Waals surface area (Å²) in [5.74, 6) is -0.0130. The number of amides is 2. The highest BCUT2D eigenvalue weighted by Crippen LogP contribution is 2.16. The molecule has 1 N–H and O–H groups in total. The van der Waals surface area contributed by atoms with Gasteiger partial charge in [0, 0.05) is 13.1 Å². The number of carbonyl (C=O) groups is 1. The fourth-order valence-corrected chi connectivity index (χ4v) is 2.19. The molecule has 18 heavy (non-hydrogen) atoms. The van der Waals surface area contributed by atoms with Crippen LogP contribution in [-0.2, 0) is 0 Å². The SMILES string of the molecule is CC1CCCCN(C(=O)Nc2ccc(F)nc2)C1. The Kier molecular flexibility index (Phi) is 4.12. The number of hydrogen-bond donors (Lipinski definition) is 1. The molecule has 0 spiro atoms. The predicted octanol–water partition coefficient (Wildman–Crippen LogP) is 2.87. The van der Waals surface area contributed by atoms with Crippen molar-refractivity contribution in [2.45, 2.75) is 26.2 Å². The maximum absolute atomic E-state index is 12.6. The summed E-state index contributed by atoms with van der Waals surface area (Å²) in [6, 6.07) is 2.62. The van der Waals surface area contributed by atoms with Gasteiger partial charge in [-0.1, -0.05) is 13.3 Å². The third kappa shape index (κ3) is 3.42. The van der Waals surface area contributed by atoms with Crippen LogP contribution in [0.2, 0.25) is 0 Å². The molecule has 1 fully saturated rings. The van der Waals surface area contributed by atoms with Gasteiger partial charge >= 0.3 is 6.03 Å². The maximum atomic E-state index is 12.6. The molecule has 5 heteroatoms. The Morgan fingerprint density at radius 2 is 2.33 bits per heavy atom. The second-order valence-electron chi connectivity index (χ2n) is 4.85. The molecule has 0 aliphatic carbocycles. The molecule has 98 valence electrons. The smallest absolute Gasteiger partial charge is 0.321 e. The third-order valence-corrected chi connectivity index (χ3v) is 3.17. The lowest BCUT2D eigenvalue weighted by molar-refractivity contribution is 0.207. The second-order valence-corrected chi connectivity index (χ2v) is 4.85. The van der Waals surface area contributed by atoms with E-state index in [0.29, 0.717) is 11.6 Å². The highest BCUT2D eigenvalue weighted by atomic mass is 19.1. The monoisotopic (exact) mass is 251 g/mol. The van der Waals surface area contributed by atoms with E-state index in [2.05, 4.69) is 17.2 Å². The first-order valence-electron chi connectivity index (χ1n) is 6.32. The first-order valence-corrected chi connectivity index (χ1v) is 6.32. The van der Waals surface area contributed by atoms with Gasteiger partial charge in [-0.3, -0.25) is 0 Å². The molecular weight excluding hydrogens is 233 g/mol. The number of pyridine rings is 1. The van der Waals surface area contributed by atoms with E-state index in [4.69, 9.17) is 0 Å². The van der Waals surface area contributed by atoms with Gasteiger partial charge in [0.25, 0.3) is 0 Å². The Balaban J connectivity index is 1.96. The molecule has 1 aliphatic rings. The van der Waals surface area contributed by atoms with Gasteiger partial charge in [-0.05, 0) is 30.9 Å². The molecule has 1 aromatic rings. The summed E-state index contributed by atoms with van der Waals surface area (Å²) in [4.78, 5) is 17.4. The molecule has 0 aromatic carbocycles. The predicted molar refractivity (Wildman–Crippen MR) is 67.8 cm³/mol. The van der Waals surface area contributed by atoms with Crippen molar-refractivity contribution in [3.8, 4) is 0 Å². The minimum atomic E-state index is -0.545. The number of carbonyl (C=O) groups excluding carboxylic acids is 1. The summed E-state index contributed by atoms with van der Waals surface area (Å²) in [6.07, 6.45) is 4.71. The fourth-order valence-electron chi connectivity index (χ4n) is 2.19. The van der Waals surface area contributed by atoms with E-state index >= 15 is 0 Å². The van der Waals surface area contributed by atoms with Gasteiger partial charge < -0.3 is 10.2 Å². The lowest BCUT2D eigenvalue weighted by Crippen LogP contribution is -2.37. The summed E-state index contributed by atoms with van der Waals surface area (Å²) < 4.78 is 12.6. The molecule has 1 aliphatic heterocycles. The number of anilines is 1. The van der Waals surface area contributed by atoms with Crippen LogP contribution in [0, 0.1) is 11.9 Å². The van der Waals surface area contributed by atoms with Gasteiger partial charge in [0.1, 0.15) is 0 Å². The minimum Gasteiger partial charge on any atom is -0.324 e. The molecule has 0 bridgehead atoms. The molecule has 2 heterocycles. The lowest BCUT2D eigenvalue weighted by atomic mass is 10.1. The highest BCUT2D eigenvalue weighted by Gasteiger charge is 2.19. The maximum Gasteiger partial charge on any atom is 0.321 e. The van der Waals surface area contributed by atoms with Crippen LogP contribution in [0.3, 0.4) is 0 Å². The molecular formula is C13H18FN3O. The minimum absolute atomic E-state index is 0.128. The van der Waals surface area contributed by atoms with E-state index in [1.807, 2.05) is 4.90 Å². The van der Waals surface area contributed by atoms with E-state index in [0.717, 1.165) is 19.5 Å². The first kappa shape index (κ1) is 12.8. The number of urea groups is 1. The van der Waals surface area contributed by atoms with E-state index < -0.39 is 5.95 Å². The van der Waals surface area contributed by atoms with Crippen molar-refractivity contribution in [1.29, 1.82) is 0 Å². The summed E-state index contributed by atoms with van der Waals surface area (Å²) in [5.41, 5.74) is 0.526. The van der Waals surface area contributed by atoms with Crippen molar-refractivity contribution >= 4 is 11.7 Å². The van der Waals surface area contributed by atoms with E-state index in [9.17, 15) is 9.18 Å². The Morgan fingerprint density at radius 3 is 3.06 bits per heavy atom. The Hall–Kier alpha value is -1.65. The molecule has 0 radical (unpaired) electrons. The van der Waals surface area contributed by atoms with Gasteiger partial charge in [0.05, 0.1) is 11.9 Å². The number of rotatable bonds is 1. The summed E-state index contributed by atoms with van der Waals surface area (Å²) >= 11 is 0. The average Bonchev–Trinajstić information content (AvgIpc) is 2.57. The van der Waals surface area contributed by atoms with Gasteiger partial charge in [0.15, 0.2) is 0 Å². The number of halogens is 1. The van der Waals surface area contributed by atoms with Crippen molar-refractivity contribution in [3.05, 3.63) is 24.3 Å². The largest absolute Gasteiger partial charge is 0.324 e. The zero-order valence-electron chi connectivity index (χ0n) is 10.5. The standard InChI is InChI=1S/C13H18FN3O/c1-10-4-2-3-7-17(9-10)13(18)16-11-5-6-12(14)15-8-11/h5-6,8,10H,2-4,7,9H2,1H3,(H,16,18). The molecule has 1 atom stereocenters. The van der Waals surface area contributed by atoms with E-state index in [1.54, 1.807) is 0 Å². The van der Waals surface area contributed by atoms with Crippen molar-refractivity contribution in [2.24, 2.45) is 5.92 Å². The van der Waals surface area contributed by atoms with Crippen LogP contribution < -0.4 is 5.32 Å². The average molecular weight is 251 g/mol. The molecule has 2 rings (SSSR count). The molecule has 4 nitrogen and oxygen atoms in total. The Labute approximate surface area is 106 Å². The summed E-state index contributed by atoms with van der Waals surface area (Å²) in [6.45, 7) is 3.72. The van der Waals surface area contributed by atoms with Crippen LogP contribution in [0.25, 0.3) is 0 Å². The van der Waals surface area contributed by atoms with Crippen molar-refractivity contribution < 1.29 is 9.18 Å². The Bertz CT molecular complexity index is 407. The van der Waals surface area contributed by atoms with E-state index in [-0.39, 0.29) is 6.03 Å². The van der Waals surface area contributed by atoms with Crippen molar-refractivity contribution in [2.75, 3.05) is 18.4 Å². The van der Waals surface area contributed by atoms with Gasteiger partial charge in [-0.2, -0.15) is 4.39 Å². The molecule has 1 saturated heterocycles. The van der Waals surface area contributed by atoms with Crippen LogP contribution in [0.5, 0.6) is 0 Å². The number of aromatic nitrogens is 1. The number of hydrogen-bond acceptors (Lipinski definition) is 2. The number of nitrogens with one attached hydrogen (secondary N) is 1. The topological polar surface area (TPSA) is 45.2 Å². The number of nitrogens with zero attached hydrogens (tertiary/aromatic N) is 2. The molecule has 1 unspecified atom stereocenters. The van der Waals surface area contributed by atoms with Gasteiger partial charge in [-0.15, -0.1) is 0 Å². The van der Waals surface area contributed by atoms with Crippen molar-refractivity contribution in [1.82, 2.24) is 9.88 Å². The quantitative estimate of drug-likeness (QED) is 0.780. The highest BCUT2D eigenvalue weighted by molar-refractivity contribution is 5.89. The fraction of sp³-hybridized carbons (Fsp3) is 0.538. The van der Waals surface area contributed by atoms with Crippen LogP contribution in [0.4, 0.5) is 14.9 Å². The van der Waals surface area contributed by atoms with Crippen molar-refractivity contribution in [3.63, 3.8) is 0 Å². The third-order valence-electron chi connectivity index (χ3n) is 3.17. The zero-order valence-corrected chi connectivity index (χ0v) is 10.5. The summed E-state index contributed by atoms with van der Waals surface area (Å²) in [7, 11) is 0. The number of likely N-dealkylation sites (tertiary alicyclic amines) is 1. The van der Waals surface area contributed by atoms with E-state index in [1.165, 1.54) is 31.2 Å². The lowest BCUT2D eigenvalue weighted by Gasteiger charge is -2.23. The summed E-state index contributed by atoms with van der Waals surface area (Å²) in [5, 5.41) is 2.74. The molecule has 1 aromatic heterocycles. The molecule has 0 saturated carbocycles. The van der Waals surface area contributed by atoms with Crippen LogP contribution >= 0.6 is 0 Å². The van der Waals surface area contributed by atoms with Crippen LogP contribution in [0.15, 0.2) is 18.3 Å². The zero-order chi connectivity index (χ0) is 13.0. The van der Waals surface area contributed by atoms with Crippen LogP contribution in [0.1, 0.15) is 26.2 Å². The van der Waals surface area contributed by atoms with Gasteiger partial charge in [-0.25, -0.2) is 9.78 Å². The van der Waals surface area contributed by atoms with Crippen LogP contribution in [-0.4, -0.2) is 29.0 Å².